The molecule has 0 spiro atoms. The summed E-state index contributed by atoms with van der Waals surface area (Å²) in [7, 11) is 3.53. The average Bonchev–Trinajstić information content (AvgIpc) is 2.50. The third-order valence-corrected chi connectivity index (χ3v) is 4.93. The van der Waals surface area contributed by atoms with Gasteiger partial charge in [-0.05, 0) is 35.1 Å². The van der Waals surface area contributed by atoms with Crippen LogP contribution in [-0.4, -0.2) is 29.9 Å². The van der Waals surface area contributed by atoms with Crippen molar-refractivity contribution in [1.29, 1.82) is 0 Å². The number of hydrogen-bond acceptors (Lipinski definition) is 5. The standard InChI is InChI=1S/C14H16BrN3OS/c1-16-11(13-14(19-2)18-8-7-17-13)9-20-12-6-4-3-5-10(12)15/h3-8,11,16H,9H2,1-2H3. The SMILES string of the molecule is CNC(CSc1ccccc1Br)c1nccnc1OC. The molecular formula is C14H16BrN3OS. The van der Waals surface area contributed by atoms with Gasteiger partial charge in [-0.15, -0.1) is 11.8 Å². The number of halogens is 1. The molecule has 0 saturated heterocycles. The smallest absolute Gasteiger partial charge is 0.237 e. The first kappa shape index (κ1) is 15.3. The van der Waals surface area contributed by atoms with Crippen LogP contribution in [0, 0.1) is 0 Å². The molecule has 1 heterocycles. The van der Waals surface area contributed by atoms with Crippen molar-refractivity contribution in [3.8, 4) is 5.88 Å². The van der Waals surface area contributed by atoms with Crippen LogP contribution in [0.4, 0.5) is 0 Å². The molecule has 0 aliphatic heterocycles. The van der Waals surface area contributed by atoms with Gasteiger partial charge in [0.15, 0.2) is 0 Å². The maximum Gasteiger partial charge on any atom is 0.237 e. The molecule has 2 aromatic rings. The van der Waals surface area contributed by atoms with Gasteiger partial charge in [0.1, 0.15) is 5.69 Å². The van der Waals surface area contributed by atoms with E-state index in [-0.39, 0.29) is 6.04 Å². The van der Waals surface area contributed by atoms with E-state index >= 15 is 0 Å². The van der Waals surface area contributed by atoms with Gasteiger partial charge >= 0.3 is 0 Å². The number of thioether (sulfide) groups is 1. The molecule has 1 atom stereocenters. The number of methoxy groups -OCH3 is 1. The molecule has 1 unspecified atom stereocenters. The van der Waals surface area contributed by atoms with Gasteiger partial charge in [-0.3, -0.25) is 4.98 Å². The maximum absolute atomic E-state index is 5.27. The lowest BCUT2D eigenvalue weighted by atomic mass is 10.2. The van der Waals surface area contributed by atoms with Crippen LogP contribution < -0.4 is 10.1 Å². The molecule has 106 valence electrons. The fourth-order valence-corrected chi connectivity index (χ4v) is 3.45. The van der Waals surface area contributed by atoms with Crippen LogP contribution in [0.1, 0.15) is 11.7 Å². The van der Waals surface area contributed by atoms with Crippen LogP contribution in [0.15, 0.2) is 46.0 Å². The largest absolute Gasteiger partial charge is 0.480 e. The van der Waals surface area contributed by atoms with Crippen molar-refractivity contribution in [3.05, 3.63) is 46.8 Å². The van der Waals surface area contributed by atoms with Crippen LogP contribution in [0.25, 0.3) is 0 Å². The zero-order valence-electron chi connectivity index (χ0n) is 11.3. The summed E-state index contributed by atoms with van der Waals surface area (Å²) in [6.07, 6.45) is 3.32. The lowest BCUT2D eigenvalue weighted by Gasteiger charge is -2.17. The number of nitrogens with one attached hydrogen (secondary N) is 1. The van der Waals surface area contributed by atoms with Crippen molar-refractivity contribution in [2.75, 3.05) is 19.9 Å². The van der Waals surface area contributed by atoms with E-state index in [2.05, 4.69) is 37.3 Å². The quantitative estimate of drug-likeness (QED) is 0.807. The predicted molar refractivity (Wildman–Crippen MR) is 85.3 cm³/mol. The second kappa shape index (κ2) is 7.61. The Morgan fingerprint density at radius 1 is 1.30 bits per heavy atom. The number of hydrogen-bond donors (Lipinski definition) is 1. The van der Waals surface area contributed by atoms with Crippen LogP contribution in [-0.2, 0) is 0 Å². The Bertz CT molecular complexity index is 568. The zero-order valence-corrected chi connectivity index (χ0v) is 13.7. The summed E-state index contributed by atoms with van der Waals surface area (Å²) < 4.78 is 6.37. The molecule has 1 aromatic carbocycles. The Kier molecular flexibility index (Phi) is 5.82. The normalized spacial score (nSPS) is 12.2. The molecular weight excluding hydrogens is 338 g/mol. The minimum Gasteiger partial charge on any atom is -0.480 e. The van der Waals surface area contributed by atoms with Crippen LogP contribution in [0.2, 0.25) is 0 Å². The van der Waals surface area contributed by atoms with Gasteiger partial charge in [0, 0.05) is 27.5 Å². The van der Waals surface area contributed by atoms with Gasteiger partial charge in [-0.1, -0.05) is 12.1 Å². The molecule has 1 aromatic heterocycles. The van der Waals surface area contributed by atoms with E-state index in [1.54, 1.807) is 31.3 Å². The first-order chi connectivity index (χ1) is 9.76. The monoisotopic (exact) mass is 353 g/mol. The Labute approximate surface area is 131 Å². The second-order valence-corrected chi connectivity index (χ2v) is 5.95. The molecule has 1 N–H and O–H groups in total. The molecule has 0 radical (unpaired) electrons. The van der Waals surface area contributed by atoms with Crippen LogP contribution in [0.5, 0.6) is 5.88 Å². The van der Waals surface area contributed by atoms with Gasteiger partial charge in [-0.2, -0.15) is 0 Å². The lowest BCUT2D eigenvalue weighted by molar-refractivity contribution is 0.383. The highest BCUT2D eigenvalue weighted by Crippen LogP contribution is 2.31. The average molecular weight is 354 g/mol. The van der Waals surface area contributed by atoms with Crippen molar-refractivity contribution in [2.45, 2.75) is 10.9 Å². The number of rotatable bonds is 6. The Morgan fingerprint density at radius 3 is 2.75 bits per heavy atom. The molecule has 20 heavy (non-hydrogen) atoms. The number of ether oxygens (including phenoxy) is 1. The first-order valence-corrected chi connectivity index (χ1v) is 7.93. The fourth-order valence-electron chi connectivity index (χ4n) is 1.77. The Hall–Kier alpha value is -1.11. The summed E-state index contributed by atoms with van der Waals surface area (Å²) in [6.45, 7) is 0. The van der Waals surface area contributed by atoms with Crippen molar-refractivity contribution in [3.63, 3.8) is 0 Å². The Balaban J connectivity index is 2.11. The number of nitrogens with zero attached hydrogens (tertiary/aromatic N) is 2. The van der Waals surface area contributed by atoms with E-state index in [1.807, 2.05) is 25.2 Å². The molecule has 0 amide bonds. The molecule has 2 rings (SSSR count). The Morgan fingerprint density at radius 2 is 2.05 bits per heavy atom. The van der Waals surface area contributed by atoms with Gasteiger partial charge in [-0.25, -0.2) is 4.98 Å². The summed E-state index contributed by atoms with van der Waals surface area (Å²) in [5, 5.41) is 3.26. The predicted octanol–water partition coefficient (Wildman–Crippen LogP) is 3.30. The molecule has 0 aliphatic rings. The molecule has 6 heteroatoms. The third kappa shape index (κ3) is 3.71. The summed E-state index contributed by atoms with van der Waals surface area (Å²) in [4.78, 5) is 9.78. The van der Waals surface area contributed by atoms with Crippen molar-refractivity contribution in [2.24, 2.45) is 0 Å². The van der Waals surface area contributed by atoms with E-state index in [0.717, 1.165) is 15.9 Å². The van der Waals surface area contributed by atoms with Crippen LogP contribution in [0.3, 0.4) is 0 Å². The summed E-state index contributed by atoms with van der Waals surface area (Å²) in [5.74, 6) is 1.41. The molecule has 0 fully saturated rings. The summed E-state index contributed by atoms with van der Waals surface area (Å²) in [6, 6.07) is 8.25. The van der Waals surface area contributed by atoms with Gasteiger partial charge in [0.2, 0.25) is 5.88 Å². The van der Waals surface area contributed by atoms with Gasteiger partial charge in [0.25, 0.3) is 0 Å². The lowest BCUT2D eigenvalue weighted by Crippen LogP contribution is -2.21. The highest BCUT2D eigenvalue weighted by Gasteiger charge is 2.17. The molecule has 0 saturated carbocycles. The summed E-state index contributed by atoms with van der Waals surface area (Å²) in [5.41, 5.74) is 0.831. The van der Waals surface area contributed by atoms with Crippen molar-refractivity contribution >= 4 is 27.7 Å². The fraction of sp³-hybridized carbons (Fsp3) is 0.286. The van der Waals surface area contributed by atoms with Gasteiger partial charge < -0.3 is 10.1 Å². The van der Waals surface area contributed by atoms with Gasteiger partial charge in [0.05, 0.1) is 13.2 Å². The topological polar surface area (TPSA) is 47.0 Å². The van der Waals surface area contributed by atoms with E-state index in [4.69, 9.17) is 4.74 Å². The molecule has 0 aliphatic carbocycles. The molecule has 4 nitrogen and oxygen atoms in total. The van der Waals surface area contributed by atoms with Crippen molar-refractivity contribution < 1.29 is 4.74 Å². The first-order valence-electron chi connectivity index (χ1n) is 6.15. The number of benzene rings is 1. The molecule has 0 bridgehead atoms. The summed E-state index contributed by atoms with van der Waals surface area (Å²) >= 11 is 5.32. The van der Waals surface area contributed by atoms with E-state index < -0.39 is 0 Å². The second-order valence-electron chi connectivity index (χ2n) is 4.03. The third-order valence-electron chi connectivity index (χ3n) is 2.81. The van der Waals surface area contributed by atoms with Crippen molar-refractivity contribution in [1.82, 2.24) is 15.3 Å². The van der Waals surface area contributed by atoms with E-state index in [0.29, 0.717) is 5.88 Å². The highest BCUT2D eigenvalue weighted by molar-refractivity contribution is 9.10. The van der Waals surface area contributed by atoms with Crippen LogP contribution >= 0.6 is 27.7 Å². The highest BCUT2D eigenvalue weighted by atomic mass is 79.9. The number of aromatic nitrogens is 2. The maximum atomic E-state index is 5.27. The minimum absolute atomic E-state index is 0.0794. The van der Waals surface area contributed by atoms with E-state index in [1.165, 1.54) is 4.90 Å². The van der Waals surface area contributed by atoms with E-state index in [9.17, 15) is 0 Å². The zero-order chi connectivity index (χ0) is 14.4. The minimum atomic E-state index is 0.0794.